The number of carbonyl (C=O) groups is 1. The van der Waals surface area contributed by atoms with Crippen molar-refractivity contribution in [3.63, 3.8) is 0 Å². The Hall–Kier alpha value is -3.22. The van der Waals surface area contributed by atoms with Crippen LogP contribution in [0.2, 0.25) is 0 Å². The summed E-state index contributed by atoms with van der Waals surface area (Å²) in [5.41, 5.74) is 1.08. The van der Waals surface area contributed by atoms with Crippen LogP contribution in [0.5, 0.6) is 0 Å². The van der Waals surface area contributed by atoms with Gasteiger partial charge < -0.3 is 14.7 Å². The van der Waals surface area contributed by atoms with Gasteiger partial charge in [-0.25, -0.2) is 4.98 Å². The van der Waals surface area contributed by atoms with E-state index < -0.39 is 0 Å². The van der Waals surface area contributed by atoms with E-state index in [2.05, 4.69) is 20.3 Å². The zero-order valence-corrected chi connectivity index (χ0v) is 13.9. The molecule has 0 aliphatic rings. The lowest BCUT2D eigenvalue weighted by molar-refractivity contribution is -0.121. The second-order valence-electron chi connectivity index (χ2n) is 5.67. The first-order valence-corrected chi connectivity index (χ1v) is 7.88. The lowest BCUT2D eigenvalue weighted by Gasteiger charge is -2.12. The molecule has 3 rings (SSSR count). The highest BCUT2D eigenvalue weighted by atomic mass is 16.3. The predicted molar refractivity (Wildman–Crippen MR) is 91.8 cm³/mol. The summed E-state index contributed by atoms with van der Waals surface area (Å²) in [7, 11) is 0. The smallest absolute Gasteiger partial charge is 0.255 e. The van der Waals surface area contributed by atoms with Crippen molar-refractivity contribution < 1.29 is 9.21 Å². The Morgan fingerprint density at radius 1 is 1.32 bits per heavy atom. The Balaban J connectivity index is 1.77. The second kappa shape index (κ2) is 7.12. The van der Waals surface area contributed by atoms with Gasteiger partial charge in [-0.15, -0.1) is 0 Å². The number of carbonyl (C=O) groups excluding carboxylic acids is 1. The minimum atomic E-state index is -0.339. The lowest BCUT2D eigenvalue weighted by Crippen LogP contribution is -2.31. The molecule has 3 heterocycles. The van der Waals surface area contributed by atoms with E-state index in [0.717, 1.165) is 0 Å². The predicted octanol–water partition coefficient (Wildman–Crippen LogP) is 2.15. The minimum Gasteiger partial charge on any atom is -0.467 e. The summed E-state index contributed by atoms with van der Waals surface area (Å²) in [6.07, 6.45) is 3.12. The Bertz CT molecular complexity index is 917. The summed E-state index contributed by atoms with van der Waals surface area (Å²) in [6.45, 7) is 3.52. The quantitative estimate of drug-likeness (QED) is 0.742. The number of aromatic nitrogens is 3. The van der Waals surface area contributed by atoms with Gasteiger partial charge in [0, 0.05) is 17.5 Å². The number of amides is 1. The van der Waals surface area contributed by atoms with Gasteiger partial charge in [-0.2, -0.15) is 0 Å². The van der Waals surface area contributed by atoms with E-state index in [0.29, 0.717) is 28.5 Å². The van der Waals surface area contributed by atoms with Crippen molar-refractivity contribution in [1.82, 2.24) is 20.3 Å². The summed E-state index contributed by atoms with van der Waals surface area (Å²) >= 11 is 0. The highest BCUT2D eigenvalue weighted by molar-refractivity contribution is 5.79. The van der Waals surface area contributed by atoms with Crippen molar-refractivity contribution in [3.8, 4) is 11.5 Å². The summed E-state index contributed by atoms with van der Waals surface area (Å²) in [5.74, 6) is 0.767. The van der Waals surface area contributed by atoms with Crippen LogP contribution in [0.25, 0.3) is 11.5 Å². The molecule has 2 N–H and O–H groups in total. The third-order valence-electron chi connectivity index (χ3n) is 3.81. The third kappa shape index (κ3) is 3.82. The molecule has 0 radical (unpaired) electrons. The summed E-state index contributed by atoms with van der Waals surface area (Å²) in [6, 6.07) is 8.62. The maximum atomic E-state index is 12.4. The van der Waals surface area contributed by atoms with Crippen molar-refractivity contribution in [1.29, 1.82) is 0 Å². The second-order valence-corrected chi connectivity index (χ2v) is 5.67. The first kappa shape index (κ1) is 16.6. The van der Waals surface area contributed by atoms with E-state index >= 15 is 0 Å². The van der Waals surface area contributed by atoms with E-state index in [1.54, 1.807) is 43.6 Å². The molecule has 7 nitrogen and oxygen atoms in total. The van der Waals surface area contributed by atoms with E-state index in [1.165, 1.54) is 0 Å². The largest absolute Gasteiger partial charge is 0.467 e. The molecule has 128 valence electrons. The number of nitrogens with one attached hydrogen (secondary N) is 2. The standard InChI is InChI=1S/C18H18N4O3/c1-11-13(10-16(23)20-12(2)15-7-5-9-25-15)18(24)22-17(21-11)14-6-3-4-8-19-14/h3-9,12H,10H2,1-2H3,(H,20,23)(H,21,22,24)/t12-/m1/s1. The van der Waals surface area contributed by atoms with E-state index in [1.807, 2.05) is 13.0 Å². The molecule has 0 aliphatic carbocycles. The molecular weight excluding hydrogens is 320 g/mol. The van der Waals surface area contributed by atoms with Gasteiger partial charge in [-0.05, 0) is 38.1 Å². The zero-order valence-electron chi connectivity index (χ0n) is 13.9. The first-order valence-electron chi connectivity index (χ1n) is 7.88. The summed E-state index contributed by atoms with van der Waals surface area (Å²) < 4.78 is 5.26. The normalized spacial score (nSPS) is 11.9. The monoisotopic (exact) mass is 338 g/mol. The maximum Gasteiger partial charge on any atom is 0.255 e. The van der Waals surface area contributed by atoms with Gasteiger partial charge in [-0.1, -0.05) is 6.07 Å². The maximum absolute atomic E-state index is 12.4. The highest BCUT2D eigenvalue weighted by Gasteiger charge is 2.16. The molecule has 0 aromatic carbocycles. The van der Waals surface area contributed by atoms with Crippen molar-refractivity contribution in [3.05, 3.63) is 70.2 Å². The molecule has 25 heavy (non-hydrogen) atoms. The van der Waals surface area contributed by atoms with E-state index in [4.69, 9.17) is 4.42 Å². The van der Waals surface area contributed by atoms with E-state index in [9.17, 15) is 9.59 Å². The van der Waals surface area contributed by atoms with Crippen LogP contribution in [-0.4, -0.2) is 20.9 Å². The fourth-order valence-electron chi connectivity index (χ4n) is 2.50. The van der Waals surface area contributed by atoms with Crippen molar-refractivity contribution in [2.75, 3.05) is 0 Å². The SMILES string of the molecule is Cc1nc(-c2ccccn2)[nH]c(=O)c1CC(=O)N[C@H](C)c1ccco1. The van der Waals surface area contributed by atoms with E-state index in [-0.39, 0.29) is 23.9 Å². The van der Waals surface area contributed by atoms with Crippen LogP contribution in [-0.2, 0) is 11.2 Å². The topological polar surface area (TPSA) is 101 Å². The number of hydrogen-bond donors (Lipinski definition) is 2. The number of rotatable bonds is 5. The Labute approximate surface area is 144 Å². The molecule has 1 amide bonds. The van der Waals surface area contributed by atoms with Gasteiger partial charge in [0.05, 0.1) is 18.7 Å². The molecular formula is C18H18N4O3. The molecule has 0 bridgehead atoms. The number of pyridine rings is 1. The molecule has 1 atom stereocenters. The Morgan fingerprint density at radius 3 is 2.80 bits per heavy atom. The van der Waals surface area contributed by atoms with Crippen LogP contribution < -0.4 is 10.9 Å². The van der Waals surface area contributed by atoms with Gasteiger partial charge in [0.25, 0.3) is 5.56 Å². The van der Waals surface area contributed by atoms with Crippen LogP contribution in [0.15, 0.2) is 52.0 Å². The van der Waals surface area contributed by atoms with Crippen LogP contribution in [0, 0.1) is 6.92 Å². The molecule has 0 saturated heterocycles. The van der Waals surface area contributed by atoms with Crippen molar-refractivity contribution >= 4 is 5.91 Å². The Kier molecular flexibility index (Phi) is 4.74. The minimum absolute atomic E-state index is 0.0539. The van der Waals surface area contributed by atoms with Crippen molar-refractivity contribution in [2.45, 2.75) is 26.3 Å². The average molecular weight is 338 g/mol. The fraction of sp³-hybridized carbons (Fsp3) is 0.222. The number of H-pyrrole nitrogens is 1. The molecule has 3 aromatic heterocycles. The van der Waals surface area contributed by atoms with Crippen LogP contribution in [0.1, 0.15) is 30.0 Å². The fourth-order valence-corrected chi connectivity index (χ4v) is 2.50. The van der Waals surface area contributed by atoms with Crippen molar-refractivity contribution in [2.24, 2.45) is 0 Å². The molecule has 0 spiro atoms. The average Bonchev–Trinajstić information content (AvgIpc) is 3.13. The first-order chi connectivity index (χ1) is 12.0. The third-order valence-corrected chi connectivity index (χ3v) is 3.81. The number of nitrogens with zero attached hydrogens (tertiary/aromatic N) is 2. The zero-order chi connectivity index (χ0) is 17.8. The van der Waals surface area contributed by atoms with Gasteiger partial charge >= 0.3 is 0 Å². The van der Waals surface area contributed by atoms with Crippen LogP contribution in [0.4, 0.5) is 0 Å². The molecule has 7 heteroatoms. The Morgan fingerprint density at radius 2 is 2.16 bits per heavy atom. The summed E-state index contributed by atoms with van der Waals surface area (Å²) in [5, 5.41) is 2.81. The van der Waals surface area contributed by atoms with Gasteiger partial charge in [0.15, 0.2) is 5.82 Å². The van der Waals surface area contributed by atoms with Gasteiger partial charge in [-0.3, -0.25) is 14.6 Å². The molecule has 0 unspecified atom stereocenters. The highest BCUT2D eigenvalue weighted by Crippen LogP contribution is 2.13. The van der Waals surface area contributed by atoms with Gasteiger partial charge in [0.1, 0.15) is 11.5 Å². The number of hydrogen-bond acceptors (Lipinski definition) is 5. The van der Waals surface area contributed by atoms with Crippen LogP contribution in [0.3, 0.4) is 0 Å². The van der Waals surface area contributed by atoms with Gasteiger partial charge in [0.2, 0.25) is 5.91 Å². The number of aryl methyl sites for hydroxylation is 1. The molecule has 0 saturated carbocycles. The lowest BCUT2D eigenvalue weighted by atomic mass is 10.1. The molecule has 0 fully saturated rings. The number of furan rings is 1. The number of aromatic amines is 1. The molecule has 3 aromatic rings. The summed E-state index contributed by atoms with van der Waals surface area (Å²) in [4.78, 5) is 35.8. The molecule has 0 aliphatic heterocycles. The van der Waals surface area contributed by atoms with Crippen LogP contribution >= 0.6 is 0 Å².